The summed E-state index contributed by atoms with van der Waals surface area (Å²) < 4.78 is 0. The Morgan fingerprint density at radius 2 is 2.30 bits per heavy atom. The van der Waals surface area contributed by atoms with E-state index in [2.05, 4.69) is 22.8 Å². The van der Waals surface area contributed by atoms with Gasteiger partial charge < -0.3 is 5.43 Å². The summed E-state index contributed by atoms with van der Waals surface area (Å²) in [6, 6.07) is 8.10. The molecule has 0 unspecified atom stereocenters. The first-order chi connectivity index (χ1) is 4.97. The molecule has 0 saturated heterocycles. The van der Waals surface area contributed by atoms with Gasteiger partial charge in [-0.3, -0.25) is 0 Å². The van der Waals surface area contributed by atoms with Crippen molar-refractivity contribution in [1.82, 2.24) is 5.43 Å². The summed E-state index contributed by atoms with van der Waals surface area (Å²) in [6.07, 6.45) is 2.88. The van der Waals surface area contributed by atoms with Crippen molar-refractivity contribution >= 4 is 6.21 Å². The molecule has 49 valence electrons. The van der Waals surface area contributed by atoms with Crippen LogP contribution in [0.1, 0.15) is 11.1 Å². The van der Waals surface area contributed by atoms with Gasteiger partial charge in [-0.15, -0.1) is 0 Å². The second-order valence-electron chi connectivity index (χ2n) is 2.22. The highest BCUT2D eigenvalue weighted by Gasteiger charge is 2.01. The molecule has 1 aromatic rings. The van der Waals surface area contributed by atoms with Crippen molar-refractivity contribution in [1.29, 1.82) is 0 Å². The molecule has 0 aliphatic carbocycles. The lowest BCUT2D eigenvalue weighted by molar-refractivity contribution is 0.735. The molecule has 1 N–H and O–H groups in total. The molecule has 0 bridgehead atoms. The van der Waals surface area contributed by atoms with Crippen LogP contribution < -0.4 is 5.43 Å². The number of nitrogens with zero attached hydrogens (tertiary/aromatic N) is 1. The number of benzene rings is 1. The predicted octanol–water partition coefficient (Wildman–Crippen LogP) is 1.00. The zero-order valence-electron chi connectivity index (χ0n) is 5.46. The SMILES string of the molecule is [C]1=NNCc2ccccc21. The zero-order valence-corrected chi connectivity index (χ0v) is 5.46. The highest BCUT2D eigenvalue weighted by Crippen LogP contribution is 2.07. The van der Waals surface area contributed by atoms with Crippen molar-refractivity contribution in [3.63, 3.8) is 0 Å². The van der Waals surface area contributed by atoms with Crippen LogP contribution in [0.15, 0.2) is 29.4 Å². The first kappa shape index (κ1) is 5.47. The number of hydrazone groups is 1. The fraction of sp³-hybridized carbons (Fsp3) is 0.125. The Kier molecular flexibility index (Phi) is 1.17. The summed E-state index contributed by atoms with van der Waals surface area (Å²) in [5.41, 5.74) is 5.21. The summed E-state index contributed by atoms with van der Waals surface area (Å²) in [6.45, 7) is 0.823. The molecule has 0 fully saturated rings. The highest BCUT2D eigenvalue weighted by atomic mass is 15.3. The highest BCUT2D eigenvalue weighted by molar-refractivity contribution is 5.82. The van der Waals surface area contributed by atoms with Gasteiger partial charge in [-0.1, -0.05) is 24.3 Å². The van der Waals surface area contributed by atoms with Crippen LogP contribution in [0.5, 0.6) is 0 Å². The lowest BCUT2D eigenvalue weighted by Gasteiger charge is -2.08. The zero-order chi connectivity index (χ0) is 6.81. The van der Waals surface area contributed by atoms with E-state index in [1.54, 1.807) is 0 Å². The molecule has 2 nitrogen and oxygen atoms in total. The summed E-state index contributed by atoms with van der Waals surface area (Å²) in [5.74, 6) is 0. The molecule has 2 heteroatoms. The molecule has 0 atom stereocenters. The molecular weight excluding hydrogens is 124 g/mol. The van der Waals surface area contributed by atoms with Crippen LogP contribution in [0, 0.1) is 0 Å². The smallest absolute Gasteiger partial charge is 0.119 e. The van der Waals surface area contributed by atoms with Crippen molar-refractivity contribution in [3.8, 4) is 0 Å². The average molecular weight is 131 g/mol. The molecule has 1 aliphatic heterocycles. The molecule has 10 heavy (non-hydrogen) atoms. The largest absolute Gasteiger partial charge is 0.305 e. The second kappa shape index (κ2) is 2.14. The number of nitrogens with one attached hydrogen (secondary N) is 1. The third-order valence-corrected chi connectivity index (χ3v) is 1.54. The van der Waals surface area contributed by atoms with E-state index in [1.807, 2.05) is 18.2 Å². The van der Waals surface area contributed by atoms with Crippen molar-refractivity contribution in [2.45, 2.75) is 6.54 Å². The van der Waals surface area contributed by atoms with Crippen LogP contribution in [-0.2, 0) is 6.54 Å². The molecule has 2 rings (SSSR count). The van der Waals surface area contributed by atoms with Gasteiger partial charge in [-0.25, -0.2) is 0 Å². The van der Waals surface area contributed by atoms with E-state index in [0.29, 0.717) is 0 Å². The van der Waals surface area contributed by atoms with Crippen molar-refractivity contribution < 1.29 is 0 Å². The molecular formula is C8H7N2. The lowest BCUT2D eigenvalue weighted by atomic mass is 10.1. The van der Waals surface area contributed by atoms with Crippen LogP contribution in [0.3, 0.4) is 0 Å². The minimum absolute atomic E-state index is 0.823. The summed E-state index contributed by atoms with van der Waals surface area (Å²) in [5, 5.41) is 3.82. The maximum Gasteiger partial charge on any atom is 0.119 e. The molecule has 1 heterocycles. The van der Waals surface area contributed by atoms with Gasteiger partial charge in [0.25, 0.3) is 0 Å². The Morgan fingerprint density at radius 3 is 3.20 bits per heavy atom. The molecule has 0 amide bonds. The van der Waals surface area contributed by atoms with Gasteiger partial charge in [0.15, 0.2) is 0 Å². The van der Waals surface area contributed by atoms with Gasteiger partial charge >= 0.3 is 0 Å². The van der Waals surface area contributed by atoms with E-state index in [4.69, 9.17) is 0 Å². The average Bonchev–Trinajstić information content (AvgIpc) is 2.05. The van der Waals surface area contributed by atoms with Gasteiger partial charge in [0.1, 0.15) is 6.21 Å². The Balaban J connectivity index is 2.54. The van der Waals surface area contributed by atoms with E-state index in [1.165, 1.54) is 5.56 Å². The van der Waals surface area contributed by atoms with Gasteiger partial charge in [0.05, 0.1) is 6.54 Å². The molecule has 0 aromatic heterocycles. The van der Waals surface area contributed by atoms with Crippen LogP contribution in [0.4, 0.5) is 0 Å². The minimum atomic E-state index is 0.823. The van der Waals surface area contributed by atoms with E-state index < -0.39 is 0 Å². The van der Waals surface area contributed by atoms with Gasteiger partial charge in [0.2, 0.25) is 0 Å². The molecule has 0 saturated carbocycles. The first-order valence-electron chi connectivity index (χ1n) is 3.23. The summed E-state index contributed by atoms with van der Waals surface area (Å²) >= 11 is 0. The molecule has 0 spiro atoms. The first-order valence-corrected chi connectivity index (χ1v) is 3.23. The Bertz CT molecular complexity index is 266. The minimum Gasteiger partial charge on any atom is -0.305 e. The predicted molar refractivity (Wildman–Crippen MR) is 39.8 cm³/mol. The van der Waals surface area contributed by atoms with E-state index in [0.717, 1.165) is 12.1 Å². The topological polar surface area (TPSA) is 24.4 Å². The van der Waals surface area contributed by atoms with E-state index in [9.17, 15) is 0 Å². The van der Waals surface area contributed by atoms with Crippen LogP contribution in [0.2, 0.25) is 0 Å². The number of hydrogen-bond acceptors (Lipinski definition) is 2. The quantitative estimate of drug-likeness (QED) is 0.558. The van der Waals surface area contributed by atoms with Gasteiger partial charge in [-0.2, -0.15) is 5.10 Å². The van der Waals surface area contributed by atoms with Crippen molar-refractivity contribution in [3.05, 3.63) is 35.4 Å². The number of fused-ring (bicyclic) bond motifs is 1. The fourth-order valence-corrected chi connectivity index (χ4v) is 1.01. The maximum absolute atomic E-state index is 3.82. The summed E-state index contributed by atoms with van der Waals surface area (Å²) in [7, 11) is 0. The normalized spacial score (nSPS) is 14.0. The van der Waals surface area contributed by atoms with Crippen LogP contribution >= 0.6 is 0 Å². The van der Waals surface area contributed by atoms with Crippen LogP contribution in [-0.4, -0.2) is 6.21 Å². The van der Waals surface area contributed by atoms with Crippen molar-refractivity contribution in [2.75, 3.05) is 0 Å². The molecule has 1 aromatic carbocycles. The monoisotopic (exact) mass is 131 g/mol. The third kappa shape index (κ3) is 0.778. The van der Waals surface area contributed by atoms with E-state index >= 15 is 0 Å². The molecule has 1 aliphatic rings. The summed E-state index contributed by atoms with van der Waals surface area (Å²) in [4.78, 5) is 0. The number of hydrogen-bond donors (Lipinski definition) is 1. The van der Waals surface area contributed by atoms with Crippen LogP contribution in [0.25, 0.3) is 0 Å². The fourth-order valence-electron chi connectivity index (χ4n) is 1.01. The molecule has 1 radical (unpaired) electrons. The Hall–Kier alpha value is -1.31. The number of rotatable bonds is 0. The van der Waals surface area contributed by atoms with Crippen molar-refractivity contribution in [2.24, 2.45) is 5.10 Å². The Morgan fingerprint density at radius 1 is 1.40 bits per heavy atom. The van der Waals surface area contributed by atoms with Gasteiger partial charge in [0, 0.05) is 5.56 Å². The maximum atomic E-state index is 3.82. The van der Waals surface area contributed by atoms with Gasteiger partial charge in [-0.05, 0) is 5.56 Å². The Labute approximate surface area is 59.6 Å². The lowest BCUT2D eigenvalue weighted by Crippen LogP contribution is -2.12. The second-order valence-corrected chi connectivity index (χ2v) is 2.22. The van der Waals surface area contributed by atoms with E-state index in [-0.39, 0.29) is 0 Å². The third-order valence-electron chi connectivity index (χ3n) is 1.54. The standard InChI is InChI=1S/C8H7N2/c1-2-4-8-6-10-9-5-7(8)3-1/h1-4,9H,5H2.